The minimum Gasteiger partial charge on any atom is -0.481 e. The van der Waals surface area contributed by atoms with E-state index in [-0.39, 0.29) is 54.8 Å². The number of aliphatic carboxylic acids is 1. The first-order chi connectivity index (χ1) is 1.73. The first-order valence-corrected chi connectivity index (χ1v) is 0.928. The van der Waals surface area contributed by atoms with Gasteiger partial charge in [-0.15, -0.1) is 0 Å². The van der Waals surface area contributed by atoms with Crippen LogP contribution in [0.25, 0.3) is 0 Å². The SMILES string of the molecule is CC(=O)O.P.P.[CH3-].[CH3-].[Ir]. The molecule has 0 aliphatic carbocycles. The fourth-order valence-corrected chi connectivity index (χ4v) is 0. The van der Waals surface area contributed by atoms with Crippen molar-refractivity contribution >= 4 is 25.8 Å². The molecule has 0 spiro atoms. The molecule has 0 aliphatic heterocycles. The van der Waals surface area contributed by atoms with E-state index in [1.54, 1.807) is 0 Å². The van der Waals surface area contributed by atoms with E-state index >= 15 is 0 Å². The van der Waals surface area contributed by atoms with Crippen molar-refractivity contribution in [1.82, 2.24) is 0 Å². The van der Waals surface area contributed by atoms with Gasteiger partial charge in [-0.2, -0.15) is 19.8 Å². The van der Waals surface area contributed by atoms with Crippen LogP contribution in [-0.4, -0.2) is 11.1 Å². The molecule has 0 aromatic rings. The predicted molar refractivity (Wildman–Crippen MR) is 48.3 cm³/mol. The third-order valence-corrected chi connectivity index (χ3v) is 0. The molecule has 2 nitrogen and oxygen atoms in total. The summed E-state index contributed by atoms with van der Waals surface area (Å²) in [5.41, 5.74) is 0. The molecule has 2 unspecified atom stereocenters. The summed E-state index contributed by atoms with van der Waals surface area (Å²) >= 11 is 0. The molecule has 65 valence electrons. The van der Waals surface area contributed by atoms with Gasteiger partial charge in [0.1, 0.15) is 0 Å². The Balaban J connectivity index is -0.00000000450. The van der Waals surface area contributed by atoms with Gasteiger partial charge in [0.15, 0.2) is 0 Å². The number of hydrogen-bond acceptors (Lipinski definition) is 1. The third-order valence-electron chi connectivity index (χ3n) is 0. The predicted octanol–water partition coefficient (Wildman–Crippen LogP) is 1.11. The van der Waals surface area contributed by atoms with E-state index in [9.17, 15) is 0 Å². The molecule has 1 N–H and O–H groups in total. The fourth-order valence-electron chi connectivity index (χ4n) is 0. The van der Waals surface area contributed by atoms with Crippen molar-refractivity contribution in [1.29, 1.82) is 0 Å². The van der Waals surface area contributed by atoms with Gasteiger partial charge in [-0.25, -0.2) is 0 Å². The Morgan fingerprint density at radius 2 is 1.22 bits per heavy atom. The van der Waals surface area contributed by atoms with E-state index in [0.717, 1.165) is 6.92 Å². The summed E-state index contributed by atoms with van der Waals surface area (Å²) in [7, 11) is 0. The van der Waals surface area contributed by atoms with Crippen LogP contribution in [0.4, 0.5) is 0 Å². The van der Waals surface area contributed by atoms with Crippen LogP contribution < -0.4 is 0 Å². The van der Waals surface area contributed by atoms with Crippen molar-refractivity contribution in [2.24, 2.45) is 0 Å². The molecule has 0 fully saturated rings. The van der Waals surface area contributed by atoms with Crippen LogP contribution in [0.2, 0.25) is 0 Å². The number of rotatable bonds is 0. The van der Waals surface area contributed by atoms with Gasteiger partial charge in [0.05, 0.1) is 0 Å². The maximum Gasteiger partial charge on any atom is 0.300 e. The zero-order valence-electron chi connectivity index (χ0n) is 6.10. The normalized spacial score (nSPS) is 2.78. The number of hydrogen-bond donors (Lipinski definition) is 1. The average molecular weight is 350 g/mol. The molecule has 5 heteroatoms. The maximum absolute atomic E-state index is 9.00. The van der Waals surface area contributed by atoms with Crippen LogP contribution >= 0.6 is 19.8 Å². The summed E-state index contributed by atoms with van der Waals surface area (Å²) in [6.07, 6.45) is 0. The molecular formula is C4H16IrO2P2-2. The molecule has 9 heavy (non-hydrogen) atoms. The summed E-state index contributed by atoms with van der Waals surface area (Å²) < 4.78 is 0. The van der Waals surface area contributed by atoms with Crippen LogP contribution in [0.3, 0.4) is 0 Å². The van der Waals surface area contributed by atoms with E-state index in [2.05, 4.69) is 0 Å². The van der Waals surface area contributed by atoms with Gasteiger partial charge in [0.2, 0.25) is 0 Å². The number of carbonyl (C=O) groups is 1. The van der Waals surface area contributed by atoms with Crippen molar-refractivity contribution in [3.05, 3.63) is 14.9 Å². The molecular weight excluding hydrogens is 334 g/mol. The Bertz CT molecular complexity index is 39.5. The van der Waals surface area contributed by atoms with Crippen molar-refractivity contribution in [2.75, 3.05) is 0 Å². The molecule has 0 aliphatic rings. The first kappa shape index (κ1) is 50.8. The molecule has 0 saturated carbocycles. The Labute approximate surface area is 77.8 Å². The standard InChI is InChI=1S/C2H4O2.2CH3.Ir.2H3P/c1-2(3)4;;;;;/h1H3,(H,3,4);2*1H3;;2*1H3/q;2*-1;;;. The summed E-state index contributed by atoms with van der Waals surface area (Å²) in [5, 5.41) is 7.42. The second kappa shape index (κ2) is 36.1. The molecule has 0 saturated heterocycles. The zero-order chi connectivity index (χ0) is 3.58. The number of carboxylic acid groups (broad SMARTS) is 1. The monoisotopic (exact) mass is 351 g/mol. The second-order valence-electron chi connectivity index (χ2n) is 0.519. The Morgan fingerprint density at radius 3 is 1.22 bits per heavy atom. The van der Waals surface area contributed by atoms with Gasteiger partial charge >= 0.3 is 0 Å². The van der Waals surface area contributed by atoms with Gasteiger partial charge in [-0.3, -0.25) is 4.79 Å². The van der Waals surface area contributed by atoms with Gasteiger partial charge in [-0.1, -0.05) is 0 Å². The minimum atomic E-state index is -0.833. The number of carboxylic acids is 1. The molecule has 0 bridgehead atoms. The molecule has 0 aromatic carbocycles. The smallest absolute Gasteiger partial charge is 0.300 e. The van der Waals surface area contributed by atoms with Crippen molar-refractivity contribution in [3.63, 3.8) is 0 Å². The topological polar surface area (TPSA) is 37.3 Å². The first-order valence-electron chi connectivity index (χ1n) is 0.928. The van der Waals surface area contributed by atoms with Crippen LogP contribution in [-0.2, 0) is 24.9 Å². The van der Waals surface area contributed by atoms with Gasteiger partial charge in [0.25, 0.3) is 5.97 Å². The molecule has 0 amide bonds. The van der Waals surface area contributed by atoms with Crippen LogP contribution in [0.15, 0.2) is 0 Å². The van der Waals surface area contributed by atoms with E-state index in [1.165, 1.54) is 0 Å². The van der Waals surface area contributed by atoms with Crippen LogP contribution in [0.1, 0.15) is 6.92 Å². The molecule has 0 heterocycles. The van der Waals surface area contributed by atoms with E-state index in [0.29, 0.717) is 0 Å². The molecule has 0 rings (SSSR count). The maximum atomic E-state index is 9.00. The Hall–Kier alpha value is 0.979. The average Bonchev–Trinajstić information content (AvgIpc) is 0.811. The third kappa shape index (κ3) is 456. The van der Waals surface area contributed by atoms with Crippen molar-refractivity contribution in [3.8, 4) is 0 Å². The second-order valence-corrected chi connectivity index (χ2v) is 0.519. The molecule has 2 atom stereocenters. The van der Waals surface area contributed by atoms with E-state index in [1.807, 2.05) is 0 Å². The van der Waals surface area contributed by atoms with Gasteiger partial charge in [0, 0.05) is 27.0 Å². The van der Waals surface area contributed by atoms with Crippen molar-refractivity contribution in [2.45, 2.75) is 6.92 Å². The van der Waals surface area contributed by atoms with E-state index < -0.39 is 5.97 Å². The Kier molecular flexibility index (Phi) is 204. The minimum absolute atomic E-state index is 0. The van der Waals surface area contributed by atoms with E-state index in [4.69, 9.17) is 9.90 Å². The quantitative estimate of drug-likeness (QED) is 0.525. The van der Waals surface area contributed by atoms with Gasteiger partial charge in [-0.05, 0) is 0 Å². The van der Waals surface area contributed by atoms with Gasteiger partial charge < -0.3 is 20.0 Å². The molecule has 1 radical (unpaired) electrons. The summed E-state index contributed by atoms with van der Waals surface area (Å²) in [5.74, 6) is -0.833. The summed E-state index contributed by atoms with van der Waals surface area (Å²) in [6, 6.07) is 0. The Morgan fingerprint density at radius 1 is 1.22 bits per heavy atom. The summed E-state index contributed by atoms with van der Waals surface area (Å²) in [4.78, 5) is 9.00. The largest absolute Gasteiger partial charge is 0.481 e. The van der Waals surface area contributed by atoms with Crippen LogP contribution in [0.5, 0.6) is 0 Å². The van der Waals surface area contributed by atoms with Crippen molar-refractivity contribution < 1.29 is 30.0 Å². The zero-order valence-corrected chi connectivity index (χ0v) is 11.3. The fraction of sp³-hybridized carbons (Fsp3) is 0.250. The summed E-state index contributed by atoms with van der Waals surface area (Å²) in [6.45, 7) is 1.08. The van der Waals surface area contributed by atoms with Crippen LogP contribution in [0, 0.1) is 14.9 Å². The molecule has 0 aromatic heterocycles.